The molecule has 3 N–H and O–H groups in total. The fourth-order valence-corrected chi connectivity index (χ4v) is 3.58. The van der Waals surface area contributed by atoms with E-state index in [9.17, 15) is 9.59 Å². The predicted molar refractivity (Wildman–Crippen MR) is 103 cm³/mol. The third kappa shape index (κ3) is 2.85. The number of fused-ring (bicyclic) bond motifs is 3. The first kappa shape index (κ1) is 16.9. The van der Waals surface area contributed by atoms with Gasteiger partial charge in [0.15, 0.2) is 10.9 Å². The van der Waals surface area contributed by atoms with E-state index >= 15 is 0 Å². The van der Waals surface area contributed by atoms with Crippen LogP contribution in [0.25, 0.3) is 21.4 Å². The Balaban J connectivity index is 1.70. The lowest BCUT2D eigenvalue weighted by molar-refractivity contribution is 0.0696. The Hall–Kier alpha value is -3.53. The van der Waals surface area contributed by atoms with Crippen molar-refractivity contribution in [2.45, 2.75) is 0 Å². The lowest BCUT2D eigenvalue weighted by Crippen LogP contribution is -2.11. The number of anilines is 2. The molecule has 0 aliphatic rings. The molecule has 4 aromatic rings. The SMILES string of the molecule is CNc1nc2sc(NC(=O)c3ccc(C(=O)O)cc3)nc2c2c1ncn2C. The van der Waals surface area contributed by atoms with Crippen LogP contribution in [0.1, 0.15) is 20.7 Å². The summed E-state index contributed by atoms with van der Waals surface area (Å²) >= 11 is 1.26. The van der Waals surface area contributed by atoms with Gasteiger partial charge in [-0.3, -0.25) is 10.1 Å². The van der Waals surface area contributed by atoms with Crippen LogP contribution in [0.3, 0.4) is 0 Å². The van der Waals surface area contributed by atoms with E-state index in [-0.39, 0.29) is 11.5 Å². The second-order valence-corrected chi connectivity index (χ2v) is 6.75. The number of carboxylic acid groups (broad SMARTS) is 1. The summed E-state index contributed by atoms with van der Waals surface area (Å²) in [7, 11) is 3.64. The van der Waals surface area contributed by atoms with Gasteiger partial charge in [-0.05, 0) is 24.3 Å². The molecule has 3 heterocycles. The van der Waals surface area contributed by atoms with Crippen molar-refractivity contribution in [3.63, 3.8) is 0 Å². The summed E-state index contributed by atoms with van der Waals surface area (Å²) in [5.41, 5.74) is 2.65. The number of carboxylic acids is 1. The maximum absolute atomic E-state index is 12.4. The molecule has 3 aromatic heterocycles. The summed E-state index contributed by atoms with van der Waals surface area (Å²) < 4.78 is 1.86. The van der Waals surface area contributed by atoms with Crippen molar-refractivity contribution in [1.29, 1.82) is 0 Å². The van der Waals surface area contributed by atoms with E-state index in [1.54, 1.807) is 13.4 Å². The van der Waals surface area contributed by atoms with Crippen molar-refractivity contribution in [2.75, 3.05) is 17.7 Å². The molecule has 0 saturated heterocycles. The molecule has 0 bridgehead atoms. The molecule has 136 valence electrons. The average molecular weight is 382 g/mol. The minimum absolute atomic E-state index is 0.119. The topological polar surface area (TPSA) is 122 Å². The van der Waals surface area contributed by atoms with Crippen LogP contribution in [0.4, 0.5) is 10.9 Å². The summed E-state index contributed by atoms with van der Waals surface area (Å²) in [6, 6.07) is 5.69. The van der Waals surface area contributed by atoms with Crippen LogP contribution in [0.2, 0.25) is 0 Å². The number of carbonyl (C=O) groups excluding carboxylic acids is 1. The molecular formula is C17H14N6O3S. The number of thiazole rings is 1. The summed E-state index contributed by atoms with van der Waals surface area (Å²) in [5.74, 6) is -0.773. The minimum Gasteiger partial charge on any atom is -0.478 e. The quantitative estimate of drug-likeness (QED) is 0.496. The summed E-state index contributed by atoms with van der Waals surface area (Å²) in [5, 5.41) is 15.1. The van der Waals surface area contributed by atoms with Crippen LogP contribution in [0.5, 0.6) is 0 Å². The van der Waals surface area contributed by atoms with Crippen molar-refractivity contribution >= 4 is 55.5 Å². The zero-order chi connectivity index (χ0) is 19.1. The van der Waals surface area contributed by atoms with Crippen LogP contribution in [0.15, 0.2) is 30.6 Å². The van der Waals surface area contributed by atoms with Crippen molar-refractivity contribution in [2.24, 2.45) is 7.05 Å². The van der Waals surface area contributed by atoms with Gasteiger partial charge in [-0.15, -0.1) is 0 Å². The number of aromatic nitrogens is 4. The zero-order valence-electron chi connectivity index (χ0n) is 14.3. The van der Waals surface area contributed by atoms with Crippen LogP contribution in [-0.2, 0) is 7.05 Å². The van der Waals surface area contributed by atoms with Gasteiger partial charge in [0.2, 0.25) is 0 Å². The minimum atomic E-state index is -1.04. The Bertz CT molecular complexity index is 1200. The number of hydrogen-bond acceptors (Lipinski definition) is 7. The standard InChI is InChI=1S/C17H14N6O3S/c1-18-13-10-12(23(2)7-19-10)11-15(21-13)27-17(20-11)22-14(24)8-3-5-9(6-4-8)16(25)26/h3-7H,1-2H3,(H,18,21)(H,25,26)(H,20,22,24). The second kappa shape index (κ2) is 6.32. The summed E-state index contributed by atoms with van der Waals surface area (Å²) in [6.45, 7) is 0. The Labute approximate surface area is 156 Å². The number of pyridine rings is 1. The van der Waals surface area contributed by atoms with E-state index in [0.29, 0.717) is 32.4 Å². The number of amides is 1. The molecule has 0 radical (unpaired) electrons. The molecule has 0 atom stereocenters. The van der Waals surface area contributed by atoms with Crippen molar-refractivity contribution in [3.05, 3.63) is 41.7 Å². The van der Waals surface area contributed by atoms with E-state index in [1.165, 1.54) is 35.6 Å². The van der Waals surface area contributed by atoms with Crippen molar-refractivity contribution < 1.29 is 14.7 Å². The highest BCUT2D eigenvalue weighted by Gasteiger charge is 2.17. The van der Waals surface area contributed by atoms with Crippen LogP contribution >= 0.6 is 11.3 Å². The Kier molecular flexibility index (Phi) is 3.96. The van der Waals surface area contributed by atoms with E-state index < -0.39 is 5.97 Å². The highest BCUT2D eigenvalue weighted by Crippen LogP contribution is 2.33. The maximum Gasteiger partial charge on any atom is 0.335 e. The highest BCUT2D eigenvalue weighted by molar-refractivity contribution is 7.22. The number of aromatic carboxylic acids is 1. The van der Waals surface area contributed by atoms with Gasteiger partial charge in [0, 0.05) is 19.7 Å². The second-order valence-electron chi connectivity index (χ2n) is 5.77. The van der Waals surface area contributed by atoms with E-state index in [4.69, 9.17) is 5.11 Å². The van der Waals surface area contributed by atoms with E-state index in [2.05, 4.69) is 25.6 Å². The number of aryl methyl sites for hydroxylation is 1. The number of imidazole rings is 1. The number of rotatable bonds is 4. The first-order chi connectivity index (χ1) is 13.0. The Morgan fingerprint density at radius 2 is 1.81 bits per heavy atom. The smallest absolute Gasteiger partial charge is 0.335 e. The first-order valence-corrected chi connectivity index (χ1v) is 8.73. The number of benzene rings is 1. The number of nitrogens with one attached hydrogen (secondary N) is 2. The normalized spacial score (nSPS) is 11.0. The Morgan fingerprint density at radius 1 is 1.11 bits per heavy atom. The number of nitrogens with zero attached hydrogens (tertiary/aromatic N) is 4. The van der Waals surface area contributed by atoms with E-state index in [0.717, 1.165) is 5.52 Å². The third-order valence-corrected chi connectivity index (χ3v) is 4.92. The van der Waals surface area contributed by atoms with Gasteiger partial charge >= 0.3 is 5.97 Å². The lowest BCUT2D eigenvalue weighted by atomic mass is 10.1. The predicted octanol–water partition coefficient (Wildman–Crippen LogP) is 2.57. The summed E-state index contributed by atoms with van der Waals surface area (Å²) in [4.78, 5) is 37.4. The largest absolute Gasteiger partial charge is 0.478 e. The molecule has 1 aromatic carbocycles. The van der Waals surface area contributed by atoms with Gasteiger partial charge in [-0.1, -0.05) is 11.3 Å². The Morgan fingerprint density at radius 3 is 2.48 bits per heavy atom. The molecule has 0 aliphatic carbocycles. The highest BCUT2D eigenvalue weighted by atomic mass is 32.1. The lowest BCUT2D eigenvalue weighted by Gasteiger charge is -2.02. The van der Waals surface area contributed by atoms with Gasteiger partial charge < -0.3 is 15.0 Å². The molecule has 0 unspecified atom stereocenters. The molecule has 0 saturated carbocycles. The van der Waals surface area contributed by atoms with E-state index in [1.807, 2.05) is 11.6 Å². The molecule has 1 amide bonds. The molecule has 27 heavy (non-hydrogen) atoms. The molecule has 0 aliphatic heterocycles. The molecular weight excluding hydrogens is 368 g/mol. The number of hydrogen-bond donors (Lipinski definition) is 3. The van der Waals surface area contributed by atoms with Gasteiger partial charge in [-0.25, -0.2) is 19.7 Å². The fraction of sp³-hybridized carbons (Fsp3) is 0.118. The average Bonchev–Trinajstić information content (AvgIpc) is 3.24. The van der Waals surface area contributed by atoms with Gasteiger partial charge in [0.25, 0.3) is 5.91 Å². The molecule has 9 nitrogen and oxygen atoms in total. The monoisotopic (exact) mass is 382 g/mol. The van der Waals surface area contributed by atoms with Crippen molar-refractivity contribution in [3.8, 4) is 0 Å². The first-order valence-electron chi connectivity index (χ1n) is 7.92. The van der Waals surface area contributed by atoms with Crippen LogP contribution in [0, 0.1) is 0 Å². The molecule has 0 spiro atoms. The van der Waals surface area contributed by atoms with Gasteiger partial charge in [-0.2, -0.15) is 0 Å². The van der Waals surface area contributed by atoms with Gasteiger partial charge in [0.05, 0.1) is 11.9 Å². The summed E-state index contributed by atoms with van der Waals surface area (Å²) in [6.07, 6.45) is 1.69. The number of carbonyl (C=O) groups is 2. The molecule has 4 rings (SSSR count). The molecule has 0 fully saturated rings. The maximum atomic E-state index is 12.4. The van der Waals surface area contributed by atoms with Crippen molar-refractivity contribution in [1.82, 2.24) is 19.5 Å². The fourth-order valence-electron chi connectivity index (χ4n) is 2.74. The van der Waals surface area contributed by atoms with Crippen LogP contribution < -0.4 is 10.6 Å². The molecule has 10 heteroatoms. The zero-order valence-corrected chi connectivity index (χ0v) is 15.2. The third-order valence-electron chi connectivity index (χ3n) is 4.06. The van der Waals surface area contributed by atoms with Gasteiger partial charge in [0.1, 0.15) is 21.4 Å². The van der Waals surface area contributed by atoms with Crippen LogP contribution in [-0.4, -0.2) is 43.5 Å².